The van der Waals surface area contributed by atoms with E-state index in [0.29, 0.717) is 11.3 Å². The molecule has 0 saturated heterocycles. The topological polar surface area (TPSA) is 106 Å². The van der Waals surface area contributed by atoms with Crippen LogP contribution < -0.4 is 5.43 Å². The van der Waals surface area contributed by atoms with Crippen molar-refractivity contribution in [2.75, 3.05) is 11.7 Å². The third-order valence-electron chi connectivity index (χ3n) is 2.51. The van der Waals surface area contributed by atoms with Gasteiger partial charge in [-0.15, -0.1) is 0 Å². The zero-order valence-electron chi connectivity index (χ0n) is 10.7. The number of benzene rings is 1. The Morgan fingerprint density at radius 3 is 2.32 bits per heavy atom. The molecule has 1 rings (SSSR count). The lowest BCUT2D eigenvalue weighted by molar-refractivity contribution is 0.601. The fraction of sp³-hybridized carbons (Fsp3) is 0.250. The highest BCUT2D eigenvalue weighted by Gasteiger charge is 2.15. The van der Waals surface area contributed by atoms with Gasteiger partial charge in [-0.25, -0.2) is 8.42 Å². The first kappa shape index (κ1) is 14.7. The normalized spacial score (nSPS) is 10.2. The quantitative estimate of drug-likeness (QED) is 0.665. The van der Waals surface area contributed by atoms with E-state index in [9.17, 15) is 8.42 Å². The smallest absolute Gasteiger partial charge is 0.237 e. The lowest BCUT2D eigenvalue weighted by atomic mass is 10.1. The minimum atomic E-state index is -3.34. The molecule has 0 radical (unpaired) electrons. The number of aryl methyl sites for hydroxylation is 1. The Morgan fingerprint density at radius 2 is 1.84 bits per heavy atom. The molecule has 6 nitrogen and oxygen atoms in total. The average Bonchev–Trinajstić information content (AvgIpc) is 2.32. The Kier molecular flexibility index (Phi) is 4.26. The standard InChI is InChI=1S/C12H12N4O2S/c1-8-4-5-11(19(3,17)18)9(2)12(8)16-15-10(6-13)7-14/h4-5,16H,1-3H3. The number of hydrazone groups is 1. The molecule has 0 bridgehead atoms. The van der Waals surface area contributed by atoms with Crippen LogP contribution in [0.5, 0.6) is 0 Å². The predicted molar refractivity (Wildman–Crippen MR) is 71.3 cm³/mol. The van der Waals surface area contributed by atoms with Crippen LogP contribution in [0.2, 0.25) is 0 Å². The number of hydrogen-bond acceptors (Lipinski definition) is 6. The molecular weight excluding hydrogens is 264 g/mol. The number of rotatable bonds is 3. The van der Waals surface area contributed by atoms with Gasteiger partial charge >= 0.3 is 0 Å². The Balaban J connectivity index is 3.35. The third-order valence-corrected chi connectivity index (χ3v) is 3.76. The van der Waals surface area contributed by atoms with Crippen molar-refractivity contribution in [2.24, 2.45) is 5.10 Å². The number of sulfone groups is 1. The summed E-state index contributed by atoms with van der Waals surface area (Å²) in [7, 11) is -3.34. The van der Waals surface area contributed by atoms with Crippen molar-refractivity contribution < 1.29 is 8.42 Å². The maximum absolute atomic E-state index is 11.6. The summed E-state index contributed by atoms with van der Waals surface area (Å²) in [6, 6.07) is 6.38. The van der Waals surface area contributed by atoms with Gasteiger partial charge in [0.1, 0.15) is 12.1 Å². The van der Waals surface area contributed by atoms with Crippen LogP contribution >= 0.6 is 0 Å². The molecule has 0 unspecified atom stereocenters. The van der Waals surface area contributed by atoms with Gasteiger partial charge in [0.15, 0.2) is 9.84 Å². The van der Waals surface area contributed by atoms with Crippen molar-refractivity contribution >= 4 is 21.2 Å². The van der Waals surface area contributed by atoms with E-state index in [1.54, 1.807) is 32.1 Å². The Hall–Kier alpha value is -2.38. The van der Waals surface area contributed by atoms with Crippen LogP contribution in [0.1, 0.15) is 11.1 Å². The fourth-order valence-corrected chi connectivity index (χ4v) is 2.56. The Labute approximate surface area is 111 Å². The van der Waals surface area contributed by atoms with E-state index in [4.69, 9.17) is 10.5 Å². The molecule has 0 aliphatic heterocycles. The summed E-state index contributed by atoms with van der Waals surface area (Å²) in [6.45, 7) is 3.41. The Bertz CT molecular complexity index is 705. The van der Waals surface area contributed by atoms with E-state index >= 15 is 0 Å². The van der Waals surface area contributed by atoms with Gasteiger partial charge in [-0.05, 0) is 31.0 Å². The minimum absolute atomic E-state index is 0.186. The number of nitriles is 2. The molecule has 0 aliphatic carbocycles. The highest BCUT2D eigenvalue weighted by molar-refractivity contribution is 7.90. The highest BCUT2D eigenvalue weighted by Crippen LogP contribution is 2.26. The molecule has 0 saturated carbocycles. The fourth-order valence-electron chi connectivity index (χ4n) is 1.59. The van der Waals surface area contributed by atoms with E-state index in [1.807, 2.05) is 0 Å². The van der Waals surface area contributed by atoms with Crippen LogP contribution in [0, 0.1) is 36.5 Å². The summed E-state index contributed by atoms with van der Waals surface area (Å²) < 4.78 is 23.2. The van der Waals surface area contributed by atoms with Gasteiger partial charge < -0.3 is 0 Å². The third kappa shape index (κ3) is 3.30. The van der Waals surface area contributed by atoms with Gasteiger partial charge in [0.2, 0.25) is 5.71 Å². The molecule has 98 valence electrons. The summed E-state index contributed by atoms with van der Waals surface area (Å²) in [5, 5.41) is 20.8. The molecule has 1 N–H and O–H groups in total. The molecule has 0 aromatic heterocycles. The van der Waals surface area contributed by atoms with Gasteiger partial charge in [0.25, 0.3) is 0 Å². The number of nitrogens with one attached hydrogen (secondary N) is 1. The van der Waals surface area contributed by atoms with Crippen molar-refractivity contribution in [3.8, 4) is 12.1 Å². The van der Waals surface area contributed by atoms with Crippen molar-refractivity contribution in [2.45, 2.75) is 18.7 Å². The minimum Gasteiger partial charge on any atom is -0.276 e. The molecule has 0 aliphatic rings. The number of hydrogen-bond donors (Lipinski definition) is 1. The van der Waals surface area contributed by atoms with Gasteiger partial charge in [0, 0.05) is 6.26 Å². The van der Waals surface area contributed by atoms with Crippen LogP contribution in [0.3, 0.4) is 0 Å². The molecule has 0 spiro atoms. The molecule has 0 fully saturated rings. The maximum Gasteiger partial charge on any atom is 0.237 e. The molecular formula is C12H12N4O2S. The molecule has 1 aromatic rings. The van der Waals surface area contributed by atoms with E-state index in [-0.39, 0.29) is 10.6 Å². The molecule has 0 heterocycles. The Morgan fingerprint density at radius 1 is 1.26 bits per heavy atom. The second-order valence-electron chi connectivity index (χ2n) is 3.95. The zero-order chi connectivity index (χ0) is 14.6. The lowest BCUT2D eigenvalue weighted by Gasteiger charge is -2.12. The maximum atomic E-state index is 11.6. The van der Waals surface area contributed by atoms with Crippen LogP contribution in [0.15, 0.2) is 22.1 Å². The second-order valence-corrected chi connectivity index (χ2v) is 5.93. The van der Waals surface area contributed by atoms with E-state index in [1.165, 1.54) is 6.07 Å². The first-order valence-corrected chi connectivity index (χ1v) is 7.14. The largest absolute Gasteiger partial charge is 0.276 e. The van der Waals surface area contributed by atoms with Crippen molar-refractivity contribution in [3.63, 3.8) is 0 Å². The summed E-state index contributed by atoms with van der Waals surface area (Å²) in [4.78, 5) is 0.186. The molecule has 0 atom stereocenters. The van der Waals surface area contributed by atoms with Crippen LogP contribution in [0.25, 0.3) is 0 Å². The number of nitrogens with zero attached hydrogens (tertiary/aromatic N) is 3. The van der Waals surface area contributed by atoms with Crippen LogP contribution in [0.4, 0.5) is 5.69 Å². The van der Waals surface area contributed by atoms with Crippen LogP contribution in [-0.4, -0.2) is 20.4 Å². The van der Waals surface area contributed by atoms with Gasteiger partial charge in [-0.1, -0.05) is 6.07 Å². The molecule has 0 amide bonds. The molecule has 7 heteroatoms. The lowest BCUT2D eigenvalue weighted by Crippen LogP contribution is -2.05. The second kappa shape index (κ2) is 5.51. The van der Waals surface area contributed by atoms with E-state index < -0.39 is 9.84 Å². The monoisotopic (exact) mass is 276 g/mol. The first-order valence-electron chi connectivity index (χ1n) is 5.25. The molecule has 19 heavy (non-hydrogen) atoms. The number of anilines is 1. The average molecular weight is 276 g/mol. The summed E-state index contributed by atoms with van der Waals surface area (Å²) in [5.41, 5.74) is 3.99. The van der Waals surface area contributed by atoms with Crippen molar-refractivity contribution in [1.29, 1.82) is 10.5 Å². The predicted octanol–water partition coefficient (Wildman–Crippen LogP) is 1.52. The van der Waals surface area contributed by atoms with Crippen LogP contribution in [-0.2, 0) is 9.84 Å². The molecule has 1 aromatic carbocycles. The zero-order valence-corrected chi connectivity index (χ0v) is 11.5. The summed E-state index contributed by atoms with van der Waals surface area (Å²) in [5.74, 6) is 0. The van der Waals surface area contributed by atoms with Crippen molar-refractivity contribution in [3.05, 3.63) is 23.3 Å². The van der Waals surface area contributed by atoms with E-state index in [2.05, 4.69) is 10.5 Å². The summed E-state index contributed by atoms with van der Waals surface area (Å²) in [6.07, 6.45) is 1.12. The first-order chi connectivity index (χ1) is 8.81. The van der Waals surface area contributed by atoms with Crippen molar-refractivity contribution in [1.82, 2.24) is 0 Å². The van der Waals surface area contributed by atoms with Gasteiger partial charge in [0.05, 0.1) is 10.6 Å². The van der Waals surface area contributed by atoms with Gasteiger partial charge in [-0.2, -0.15) is 15.6 Å². The van der Waals surface area contributed by atoms with E-state index in [0.717, 1.165) is 11.8 Å². The highest BCUT2D eigenvalue weighted by atomic mass is 32.2. The SMILES string of the molecule is Cc1ccc(S(C)(=O)=O)c(C)c1NN=C(C#N)C#N. The van der Waals surface area contributed by atoms with Gasteiger partial charge in [-0.3, -0.25) is 5.43 Å². The summed E-state index contributed by atoms with van der Waals surface area (Å²) >= 11 is 0.